The summed E-state index contributed by atoms with van der Waals surface area (Å²) in [6.07, 6.45) is 0.743. The molecule has 194 valence electrons. The highest BCUT2D eigenvalue weighted by Crippen LogP contribution is 2.38. The molecule has 2 heterocycles. The van der Waals surface area contributed by atoms with E-state index in [1.54, 1.807) is 25.0 Å². The molecule has 2 aliphatic heterocycles. The number of nitrogen functional groups attached to an aromatic ring is 1. The van der Waals surface area contributed by atoms with Gasteiger partial charge < -0.3 is 25.3 Å². The Hall–Kier alpha value is -3.01. The van der Waals surface area contributed by atoms with E-state index in [4.69, 9.17) is 31.5 Å². The van der Waals surface area contributed by atoms with Crippen LogP contribution in [0.3, 0.4) is 0 Å². The van der Waals surface area contributed by atoms with Crippen molar-refractivity contribution in [1.29, 1.82) is 0 Å². The minimum Gasteiger partial charge on any atom is -0.492 e. The third-order valence-electron chi connectivity index (χ3n) is 6.67. The molecule has 0 bridgehead atoms. The lowest BCUT2D eigenvalue weighted by Crippen LogP contribution is -2.55. The Bertz CT molecular complexity index is 1080. The van der Waals surface area contributed by atoms with E-state index in [1.807, 2.05) is 30.3 Å². The van der Waals surface area contributed by atoms with Crippen LogP contribution in [0.4, 0.5) is 16.2 Å². The summed E-state index contributed by atoms with van der Waals surface area (Å²) in [5, 5.41) is 3.46. The number of methoxy groups -OCH3 is 1. The number of para-hydroxylation sites is 1. The van der Waals surface area contributed by atoms with Crippen molar-refractivity contribution in [2.24, 2.45) is 0 Å². The Morgan fingerprint density at radius 1 is 1.31 bits per heavy atom. The number of nitrogens with zero attached hydrogens (tertiary/aromatic N) is 2. The summed E-state index contributed by atoms with van der Waals surface area (Å²) in [5.74, 6) is 0.258. The zero-order valence-electron chi connectivity index (χ0n) is 20.7. The fourth-order valence-corrected chi connectivity index (χ4v) is 4.97. The van der Waals surface area contributed by atoms with Gasteiger partial charge >= 0.3 is 6.09 Å². The van der Waals surface area contributed by atoms with E-state index in [-0.39, 0.29) is 24.1 Å². The van der Waals surface area contributed by atoms with Crippen LogP contribution in [0.1, 0.15) is 29.3 Å². The Kier molecular flexibility index (Phi) is 8.56. The number of anilines is 2. The summed E-state index contributed by atoms with van der Waals surface area (Å²) in [6.45, 7) is 5.06. The van der Waals surface area contributed by atoms with Crippen molar-refractivity contribution in [1.82, 2.24) is 10.2 Å². The molecule has 1 saturated heterocycles. The predicted molar refractivity (Wildman–Crippen MR) is 139 cm³/mol. The first kappa shape index (κ1) is 26.1. The lowest BCUT2D eigenvalue weighted by Gasteiger charge is -2.38. The number of amides is 2. The first-order valence-electron chi connectivity index (χ1n) is 12.2. The second-order valence-corrected chi connectivity index (χ2v) is 9.26. The van der Waals surface area contributed by atoms with Crippen LogP contribution in [0.15, 0.2) is 36.4 Å². The third kappa shape index (κ3) is 5.69. The number of carbonyl (C=O) groups excluding carboxylic acids is 2. The normalized spacial score (nSPS) is 19.3. The molecule has 2 unspecified atom stereocenters. The van der Waals surface area contributed by atoms with Gasteiger partial charge in [0.2, 0.25) is 0 Å². The van der Waals surface area contributed by atoms with E-state index < -0.39 is 0 Å². The van der Waals surface area contributed by atoms with Gasteiger partial charge in [-0.15, -0.1) is 0 Å². The first-order valence-corrected chi connectivity index (χ1v) is 12.6. The van der Waals surface area contributed by atoms with Gasteiger partial charge in [-0.2, -0.15) is 0 Å². The average molecular weight is 517 g/mol. The van der Waals surface area contributed by atoms with Crippen molar-refractivity contribution in [2.45, 2.75) is 31.9 Å². The summed E-state index contributed by atoms with van der Waals surface area (Å²) >= 11 is 6.28. The van der Waals surface area contributed by atoms with Crippen molar-refractivity contribution in [3.05, 3.63) is 52.5 Å². The molecule has 2 aliphatic rings. The molecule has 0 aromatic heterocycles. The van der Waals surface area contributed by atoms with Gasteiger partial charge in [-0.3, -0.25) is 14.6 Å². The highest BCUT2D eigenvalue weighted by atomic mass is 35.5. The molecule has 0 spiro atoms. The highest BCUT2D eigenvalue weighted by molar-refractivity contribution is 6.33. The van der Waals surface area contributed by atoms with E-state index in [9.17, 15) is 9.59 Å². The van der Waals surface area contributed by atoms with Crippen molar-refractivity contribution in [2.75, 3.05) is 57.1 Å². The van der Waals surface area contributed by atoms with Gasteiger partial charge in [0.25, 0.3) is 5.91 Å². The Balaban J connectivity index is 1.38. The van der Waals surface area contributed by atoms with Crippen molar-refractivity contribution in [3.63, 3.8) is 0 Å². The molecule has 0 saturated carbocycles. The fourth-order valence-electron chi connectivity index (χ4n) is 4.75. The quantitative estimate of drug-likeness (QED) is 0.518. The number of benzene rings is 2. The van der Waals surface area contributed by atoms with Crippen LogP contribution in [0.25, 0.3) is 0 Å². The van der Waals surface area contributed by atoms with E-state index in [0.717, 1.165) is 17.8 Å². The number of hydrogen-bond donors (Lipinski definition) is 2. The van der Waals surface area contributed by atoms with Gasteiger partial charge in [0, 0.05) is 51.0 Å². The van der Waals surface area contributed by atoms with Crippen LogP contribution >= 0.6 is 11.6 Å². The summed E-state index contributed by atoms with van der Waals surface area (Å²) in [4.78, 5) is 29.6. The number of nitrogens with two attached hydrogens (primary N) is 1. The molecule has 2 amide bonds. The minimum absolute atomic E-state index is 0.178. The number of likely N-dealkylation sites (tertiary alicyclic amines) is 1. The summed E-state index contributed by atoms with van der Waals surface area (Å²) in [5.41, 5.74) is 8.51. The van der Waals surface area contributed by atoms with Crippen LogP contribution in [-0.4, -0.2) is 75.5 Å². The van der Waals surface area contributed by atoms with E-state index in [0.29, 0.717) is 67.7 Å². The number of nitrogens with one attached hydrogen (secondary N) is 1. The van der Waals surface area contributed by atoms with E-state index in [2.05, 4.69) is 10.2 Å². The van der Waals surface area contributed by atoms with Gasteiger partial charge in [0.05, 0.1) is 41.6 Å². The highest BCUT2D eigenvalue weighted by Gasteiger charge is 2.33. The summed E-state index contributed by atoms with van der Waals surface area (Å²) in [7, 11) is 1.64. The molecule has 0 radical (unpaired) electrons. The van der Waals surface area contributed by atoms with E-state index >= 15 is 0 Å². The molecule has 2 atom stereocenters. The number of hydrogen-bond acceptors (Lipinski definition) is 7. The molecule has 1 fully saturated rings. The molecule has 10 heteroatoms. The summed E-state index contributed by atoms with van der Waals surface area (Å²) in [6, 6.07) is 10.9. The molecule has 3 N–H and O–H groups in total. The smallest absolute Gasteiger partial charge is 0.414 e. The SMILES string of the molecule is CCOC(=O)N(CCN1CCC(NC(=O)c2cc(Cl)c(N)c3c2OCC3)C(OC)C1)c1ccccc1. The predicted octanol–water partition coefficient (Wildman–Crippen LogP) is 3.34. The monoisotopic (exact) mass is 516 g/mol. The molecular weight excluding hydrogens is 484 g/mol. The van der Waals surface area contributed by atoms with Crippen molar-refractivity contribution in [3.8, 4) is 5.75 Å². The Morgan fingerprint density at radius 3 is 2.81 bits per heavy atom. The molecular formula is C26H33ClN4O5. The van der Waals surface area contributed by atoms with Crippen LogP contribution in [0, 0.1) is 0 Å². The topological polar surface area (TPSA) is 106 Å². The van der Waals surface area contributed by atoms with Crippen LogP contribution in [0.2, 0.25) is 5.02 Å². The van der Waals surface area contributed by atoms with Gasteiger partial charge in [-0.05, 0) is 31.5 Å². The van der Waals surface area contributed by atoms with E-state index in [1.165, 1.54) is 0 Å². The zero-order chi connectivity index (χ0) is 25.7. The molecule has 4 rings (SSSR count). The summed E-state index contributed by atoms with van der Waals surface area (Å²) < 4.78 is 16.7. The Morgan fingerprint density at radius 2 is 2.08 bits per heavy atom. The van der Waals surface area contributed by atoms with Gasteiger partial charge in [0.15, 0.2) is 0 Å². The maximum absolute atomic E-state index is 13.2. The van der Waals surface area contributed by atoms with Crippen LogP contribution < -0.4 is 20.7 Å². The lowest BCUT2D eigenvalue weighted by molar-refractivity contribution is 0.00720. The number of carbonyl (C=O) groups is 2. The third-order valence-corrected chi connectivity index (χ3v) is 6.99. The van der Waals surface area contributed by atoms with Gasteiger partial charge in [-0.25, -0.2) is 4.79 Å². The maximum Gasteiger partial charge on any atom is 0.414 e. The minimum atomic E-state index is -0.369. The lowest BCUT2D eigenvalue weighted by atomic mass is 10.00. The van der Waals surface area contributed by atoms with Crippen LogP contribution in [-0.2, 0) is 15.9 Å². The average Bonchev–Trinajstić information content (AvgIpc) is 3.38. The molecule has 2 aromatic rings. The number of rotatable bonds is 8. The van der Waals surface area contributed by atoms with Crippen molar-refractivity contribution >= 4 is 35.0 Å². The second kappa shape index (κ2) is 11.8. The zero-order valence-corrected chi connectivity index (χ0v) is 21.4. The molecule has 0 aliphatic carbocycles. The molecule has 9 nitrogen and oxygen atoms in total. The largest absolute Gasteiger partial charge is 0.492 e. The molecule has 36 heavy (non-hydrogen) atoms. The number of halogens is 1. The second-order valence-electron chi connectivity index (χ2n) is 8.86. The van der Waals surface area contributed by atoms with Gasteiger partial charge in [-0.1, -0.05) is 29.8 Å². The first-order chi connectivity index (χ1) is 17.4. The maximum atomic E-state index is 13.2. The fraction of sp³-hybridized carbons (Fsp3) is 0.462. The number of ether oxygens (including phenoxy) is 3. The Labute approximate surface area is 216 Å². The van der Waals surface area contributed by atoms with Crippen LogP contribution in [0.5, 0.6) is 5.75 Å². The standard InChI is InChI=1S/C26H33ClN4O5/c1-3-35-26(33)31(17-7-5-4-6-8-17)13-12-30-11-9-21(22(16-30)34-2)29-25(32)19-15-20(27)23(28)18-10-14-36-24(18)19/h4-8,15,21-22H,3,9-14,16,28H2,1-2H3,(H,29,32). The van der Waals surface area contributed by atoms with Gasteiger partial charge in [0.1, 0.15) is 5.75 Å². The van der Waals surface area contributed by atoms with Crippen molar-refractivity contribution < 1.29 is 23.8 Å². The number of fused-ring (bicyclic) bond motifs is 1. The molecule has 2 aromatic carbocycles. The number of piperidine rings is 1.